The van der Waals surface area contributed by atoms with Crippen LogP contribution >= 0.6 is 0 Å². The topological polar surface area (TPSA) is 54.0 Å². The van der Waals surface area contributed by atoms with E-state index in [9.17, 15) is 4.79 Å². The summed E-state index contributed by atoms with van der Waals surface area (Å²) in [6.07, 6.45) is 5.35. The number of rotatable bonds is 4. The second-order valence-electron chi connectivity index (χ2n) is 5.04. The van der Waals surface area contributed by atoms with Gasteiger partial charge in [-0.05, 0) is 37.9 Å². The molecule has 4 heteroatoms. The Balaban J connectivity index is 2.03. The first-order chi connectivity index (χ1) is 8.68. The molecule has 0 saturated carbocycles. The molecule has 0 spiro atoms. The van der Waals surface area contributed by atoms with Gasteiger partial charge in [-0.2, -0.15) is 0 Å². The minimum Gasteiger partial charge on any atom is -0.349 e. The van der Waals surface area contributed by atoms with Gasteiger partial charge in [-0.15, -0.1) is 0 Å². The molecule has 0 aromatic carbocycles. The number of nitrogens with zero attached hydrogens (tertiary/aromatic N) is 1. The van der Waals surface area contributed by atoms with Crippen molar-refractivity contribution in [1.82, 2.24) is 15.6 Å². The van der Waals surface area contributed by atoms with Crippen LogP contribution in [0.25, 0.3) is 0 Å². The van der Waals surface area contributed by atoms with E-state index in [1.165, 1.54) is 0 Å². The lowest BCUT2D eigenvalue weighted by molar-refractivity contribution is -0.131. The van der Waals surface area contributed by atoms with Crippen molar-refractivity contribution >= 4 is 5.91 Å². The zero-order chi connectivity index (χ0) is 13.0. The zero-order valence-electron chi connectivity index (χ0n) is 11.1. The fourth-order valence-corrected chi connectivity index (χ4v) is 2.47. The molecule has 1 aliphatic rings. The molecule has 0 aliphatic carbocycles. The minimum absolute atomic E-state index is 0.00947. The van der Waals surface area contributed by atoms with Gasteiger partial charge < -0.3 is 10.6 Å². The van der Waals surface area contributed by atoms with E-state index < -0.39 is 0 Å². The van der Waals surface area contributed by atoms with Gasteiger partial charge in [-0.25, -0.2) is 0 Å². The van der Waals surface area contributed by atoms with Gasteiger partial charge in [0.25, 0.3) is 0 Å². The van der Waals surface area contributed by atoms with Crippen molar-refractivity contribution in [3.63, 3.8) is 0 Å². The normalized spacial score (nSPS) is 24.8. The maximum absolute atomic E-state index is 12.4. The molecule has 2 atom stereocenters. The van der Waals surface area contributed by atoms with Gasteiger partial charge in [-0.1, -0.05) is 13.0 Å². The molecule has 1 saturated heterocycles. The number of amides is 1. The van der Waals surface area contributed by atoms with Crippen molar-refractivity contribution in [3.8, 4) is 0 Å². The van der Waals surface area contributed by atoms with Crippen molar-refractivity contribution in [2.24, 2.45) is 5.41 Å². The number of aromatic nitrogens is 1. The van der Waals surface area contributed by atoms with E-state index in [2.05, 4.69) is 22.5 Å². The summed E-state index contributed by atoms with van der Waals surface area (Å²) >= 11 is 0. The third-order valence-corrected chi connectivity index (χ3v) is 3.93. The maximum Gasteiger partial charge on any atom is 0.228 e. The SMILES string of the molecule is CCC1(C(=O)N[C@H](C)c2cccnc2)CCNC1. The summed E-state index contributed by atoms with van der Waals surface area (Å²) < 4.78 is 0. The van der Waals surface area contributed by atoms with E-state index in [1.54, 1.807) is 12.4 Å². The first-order valence-corrected chi connectivity index (χ1v) is 6.59. The maximum atomic E-state index is 12.4. The highest BCUT2D eigenvalue weighted by molar-refractivity contribution is 5.83. The molecule has 0 bridgehead atoms. The van der Waals surface area contributed by atoms with E-state index in [4.69, 9.17) is 0 Å². The fraction of sp³-hybridized carbons (Fsp3) is 0.571. The summed E-state index contributed by atoms with van der Waals surface area (Å²) in [5.41, 5.74) is 0.819. The Kier molecular flexibility index (Phi) is 3.97. The van der Waals surface area contributed by atoms with Crippen LogP contribution in [0.2, 0.25) is 0 Å². The van der Waals surface area contributed by atoms with Crippen molar-refractivity contribution in [2.75, 3.05) is 13.1 Å². The molecule has 2 N–H and O–H groups in total. The molecule has 1 aromatic heterocycles. The highest BCUT2D eigenvalue weighted by Crippen LogP contribution is 2.30. The van der Waals surface area contributed by atoms with Crippen LogP contribution in [0, 0.1) is 5.41 Å². The smallest absolute Gasteiger partial charge is 0.228 e. The third kappa shape index (κ3) is 2.53. The summed E-state index contributed by atoms with van der Waals surface area (Å²) in [7, 11) is 0. The van der Waals surface area contributed by atoms with E-state index in [1.807, 2.05) is 19.1 Å². The molecule has 1 fully saturated rings. The number of nitrogens with one attached hydrogen (secondary N) is 2. The summed E-state index contributed by atoms with van der Waals surface area (Å²) in [6, 6.07) is 3.89. The fourth-order valence-electron chi connectivity index (χ4n) is 2.47. The molecule has 1 aliphatic heterocycles. The summed E-state index contributed by atoms with van der Waals surface area (Å²) in [4.78, 5) is 16.5. The van der Waals surface area contributed by atoms with Gasteiger partial charge in [0.2, 0.25) is 5.91 Å². The molecule has 2 rings (SSSR count). The lowest BCUT2D eigenvalue weighted by Crippen LogP contribution is -2.43. The molecule has 4 nitrogen and oxygen atoms in total. The number of hydrogen-bond donors (Lipinski definition) is 2. The van der Waals surface area contributed by atoms with Crippen molar-refractivity contribution < 1.29 is 4.79 Å². The molecule has 1 aromatic rings. The van der Waals surface area contributed by atoms with Crippen LogP contribution in [0.15, 0.2) is 24.5 Å². The third-order valence-electron chi connectivity index (χ3n) is 3.93. The Morgan fingerprint density at radius 2 is 2.50 bits per heavy atom. The quantitative estimate of drug-likeness (QED) is 0.850. The average Bonchev–Trinajstić information content (AvgIpc) is 2.89. The zero-order valence-corrected chi connectivity index (χ0v) is 11.1. The Labute approximate surface area is 108 Å². The number of hydrogen-bond acceptors (Lipinski definition) is 3. The van der Waals surface area contributed by atoms with E-state index in [0.29, 0.717) is 0 Å². The lowest BCUT2D eigenvalue weighted by Gasteiger charge is -2.27. The Morgan fingerprint density at radius 3 is 3.06 bits per heavy atom. The van der Waals surface area contributed by atoms with Crippen LogP contribution in [0.5, 0.6) is 0 Å². The van der Waals surface area contributed by atoms with Crippen molar-refractivity contribution in [1.29, 1.82) is 0 Å². The molecule has 0 radical (unpaired) electrons. The summed E-state index contributed by atoms with van der Waals surface area (Å²) in [5, 5.41) is 6.40. The second kappa shape index (κ2) is 5.48. The molecule has 2 heterocycles. The van der Waals surface area contributed by atoms with Gasteiger partial charge >= 0.3 is 0 Å². The molecule has 98 valence electrons. The van der Waals surface area contributed by atoms with E-state index in [-0.39, 0.29) is 17.4 Å². The van der Waals surface area contributed by atoms with E-state index >= 15 is 0 Å². The van der Waals surface area contributed by atoms with Crippen LogP contribution < -0.4 is 10.6 Å². The highest BCUT2D eigenvalue weighted by Gasteiger charge is 2.39. The van der Waals surface area contributed by atoms with Crippen LogP contribution in [0.3, 0.4) is 0 Å². The Bertz CT molecular complexity index is 399. The van der Waals surface area contributed by atoms with Crippen LogP contribution in [-0.2, 0) is 4.79 Å². The largest absolute Gasteiger partial charge is 0.349 e. The van der Waals surface area contributed by atoms with Crippen LogP contribution in [0.1, 0.15) is 38.3 Å². The van der Waals surface area contributed by atoms with Crippen molar-refractivity contribution in [3.05, 3.63) is 30.1 Å². The van der Waals surface area contributed by atoms with Gasteiger partial charge in [0.15, 0.2) is 0 Å². The van der Waals surface area contributed by atoms with Crippen molar-refractivity contribution in [2.45, 2.75) is 32.7 Å². The highest BCUT2D eigenvalue weighted by atomic mass is 16.2. The molecule has 18 heavy (non-hydrogen) atoms. The predicted octanol–water partition coefficient (Wildman–Crippen LogP) is 1.65. The molecule has 1 unspecified atom stereocenters. The summed E-state index contributed by atoms with van der Waals surface area (Å²) in [6.45, 7) is 5.81. The standard InChI is InChI=1S/C14H21N3O/c1-3-14(6-8-16-10-14)13(18)17-11(2)12-5-4-7-15-9-12/h4-5,7,9,11,16H,3,6,8,10H2,1-2H3,(H,17,18)/t11-,14?/m1/s1. The lowest BCUT2D eigenvalue weighted by atomic mass is 9.83. The average molecular weight is 247 g/mol. The summed E-state index contributed by atoms with van der Waals surface area (Å²) in [5.74, 6) is 0.159. The second-order valence-corrected chi connectivity index (χ2v) is 5.04. The van der Waals surface area contributed by atoms with Gasteiger partial charge in [0, 0.05) is 18.9 Å². The minimum atomic E-state index is -0.226. The Hall–Kier alpha value is -1.42. The Morgan fingerprint density at radius 1 is 1.67 bits per heavy atom. The van der Waals surface area contributed by atoms with Gasteiger partial charge in [0.05, 0.1) is 11.5 Å². The monoisotopic (exact) mass is 247 g/mol. The van der Waals surface area contributed by atoms with Crippen LogP contribution in [0.4, 0.5) is 0 Å². The molecular formula is C14H21N3O. The number of carbonyl (C=O) groups excluding carboxylic acids is 1. The van der Waals surface area contributed by atoms with E-state index in [0.717, 1.165) is 31.5 Å². The van der Waals surface area contributed by atoms with Crippen LogP contribution in [-0.4, -0.2) is 24.0 Å². The molecule has 1 amide bonds. The number of carbonyl (C=O) groups is 1. The first-order valence-electron chi connectivity index (χ1n) is 6.59. The predicted molar refractivity (Wildman–Crippen MR) is 71.0 cm³/mol. The van der Waals surface area contributed by atoms with Gasteiger partial charge in [-0.3, -0.25) is 9.78 Å². The first kappa shape index (κ1) is 13.0. The van der Waals surface area contributed by atoms with Gasteiger partial charge in [0.1, 0.15) is 0 Å². The number of pyridine rings is 1. The molecular weight excluding hydrogens is 226 g/mol.